The first-order valence-electron chi connectivity index (χ1n) is 7.93. The molecule has 2 N–H and O–H groups in total. The van der Waals surface area contributed by atoms with Crippen LogP contribution in [-0.2, 0) is 6.42 Å². The summed E-state index contributed by atoms with van der Waals surface area (Å²) >= 11 is 0. The predicted octanol–water partition coefficient (Wildman–Crippen LogP) is 1.43. The summed E-state index contributed by atoms with van der Waals surface area (Å²) in [6, 6.07) is 0. The Balaban J connectivity index is 1.84. The van der Waals surface area contributed by atoms with Crippen LogP contribution in [0, 0.1) is 5.82 Å². The number of halogens is 1. The minimum atomic E-state index is -0.253. The van der Waals surface area contributed by atoms with E-state index in [2.05, 4.69) is 14.9 Å². The molecule has 0 aliphatic carbocycles. The molecule has 1 aliphatic rings. The maximum atomic E-state index is 14.2. The fourth-order valence-electron chi connectivity index (χ4n) is 2.70. The van der Waals surface area contributed by atoms with E-state index in [-0.39, 0.29) is 5.82 Å². The molecule has 0 amide bonds. The second kappa shape index (κ2) is 8.24. The lowest BCUT2D eigenvalue weighted by atomic mass is 10.2. The third-order valence-electron chi connectivity index (χ3n) is 4.03. The monoisotopic (exact) mass is 295 g/mol. The third kappa shape index (κ3) is 4.35. The topological polar surface area (TPSA) is 58.3 Å². The van der Waals surface area contributed by atoms with Crippen LogP contribution < -0.4 is 10.6 Å². The van der Waals surface area contributed by atoms with Crippen molar-refractivity contribution < 1.29 is 4.39 Å². The molecule has 1 fully saturated rings. The first-order chi connectivity index (χ1) is 10.3. The van der Waals surface area contributed by atoms with E-state index in [1.54, 1.807) is 0 Å². The highest BCUT2D eigenvalue weighted by molar-refractivity contribution is 5.41. The normalized spacial score (nSPS) is 16.4. The van der Waals surface area contributed by atoms with Crippen LogP contribution in [-0.4, -0.2) is 54.1 Å². The summed E-state index contributed by atoms with van der Waals surface area (Å²) in [4.78, 5) is 12.6. The summed E-state index contributed by atoms with van der Waals surface area (Å²) in [5.41, 5.74) is 6.00. The van der Waals surface area contributed by atoms with Crippen molar-refractivity contribution in [1.29, 1.82) is 0 Å². The first kappa shape index (κ1) is 16.1. The second-order valence-electron chi connectivity index (χ2n) is 5.49. The molecule has 0 atom stereocenters. The van der Waals surface area contributed by atoms with Crippen LogP contribution in [0.3, 0.4) is 0 Å². The summed E-state index contributed by atoms with van der Waals surface area (Å²) in [5, 5.41) is 0. The van der Waals surface area contributed by atoms with E-state index in [0.29, 0.717) is 17.9 Å². The molecule has 0 saturated carbocycles. The van der Waals surface area contributed by atoms with E-state index >= 15 is 0 Å². The van der Waals surface area contributed by atoms with Gasteiger partial charge in [-0.25, -0.2) is 14.4 Å². The van der Waals surface area contributed by atoms with E-state index < -0.39 is 0 Å². The fraction of sp³-hybridized carbons (Fsp3) is 0.733. The number of rotatable bonds is 7. The van der Waals surface area contributed by atoms with Gasteiger partial charge >= 0.3 is 0 Å². The molecule has 0 bridgehead atoms. The SMILES string of the molecule is CCc1ncnc(N2CCN(CCCCCN)CC2)c1F. The van der Waals surface area contributed by atoms with Crippen LogP contribution in [0.4, 0.5) is 10.2 Å². The number of nitrogens with two attached hydrogens (primary N) is 1. The minimum absolute atomic E-state index is 0.253. The van der Waals surface area contributed by atoms with Crippen LogP contribution >= 0.6 is 0 Å². The Bertz CT molecular complexity index is 432. The number of nitrogens with zero attached hydrogens (tertiary/aromatic N) is 4. The Hall–Kier alpha value is -1.27. The van der Waals surface area contributed by atoms with Gasteiger partial charge in [0.1, 0.15) is 6.33 Å². The van der Waals surface area contributed by atoms with Gasteiger partial charge in [-0.05, 0) is 32.4 Å². The van der Waals surface area contributed by atoms with E-state index in [4.69, 9.17) is 5.73 Å². The van der Waals surface area contributed by atoms with Gasteiger partial charge in [0, 0.05) is 26.2 Å². The molecule has 21 heavy (non-hydrogen) atoms. The van der Waals surface area contributed by atoms with Gasteiger partial charge in [0.05, 0.1) is 5.69 Å². The summed E-state index contributed by atoms with van der Waals surface area (Å²) in [7, 11) is 0. The summed E-state index contributed by atoms with van der Waals surface area (Å²) in [6.07, 6.45) is 5.56. The Morgan fingerprint density at radius 3 is 2.57 bits per heavy atom. The van der Waals surface area contributed by atoms with Gasteiger partial charge in [-0.15, -0.1) is 0 Å². The molecule has 5 nitrogen and oxygen atoms in total. The maximum absolute atomic E-state index is 14.2. The largest absolute Gasteiger partial charge is 0.352 e. The third-order valence-corrected chi connectivity index (χ3v) is 4.03. The molecule has 6 heteroatoms. The van der Waals surface area contributed by atoms with Crippen LogP contribution in [0.5, 0.6) is 0 Å². The van der Waals surface area contributed by atoms with Crippen molar-refractivity contribution in [2.75, 3.05) is 44.2 Å². The van der Waals surface area contributed by atoms with Gasteiger partial charge in [-0.3, -0.25) is 4.90 Å². The van der Waals surface area contributed by atoms with E-state index in [1.807, 2.05) is 11.8 Å². The molecule has 1 aromatic heterocycles. The first-order valence-corrected chi connectivity index (χ1v) is 7.93. The average Bonchev–Trinajstić information content (AvgIpc) is 2.53. The van der Waals surface area contributed by atoms with Crippen molar-refractivity contribution in [3.05, 3.63) is 17.8 Å². The highest BCUT2D eigenvalue weighted by Crippen LogP contribution is 2.19. The number of hydrogen-bond donors (Lipinski definition) is 1. The van der Waals surface area contributed by atoms with Gasteiger partial charge in [-0.2, -0.15) is 0 Å². The van der Waals surface area contributed by atoms with E-state index in [0.717, 1.165) is 45.7 Å². The number of aromatic nitrogens is 2. The van der Waals surface area contributed by atoms with Crippen molar-refractivity contribution in [1.82, 2.24) is 14.9 Å². The van der Waals surface area contributed by atoms with Gasteiger partial charge in [-0.1, -0.05) is 13.3 Å². The molecule has 0 spiro atoms. The van der Waals surface area contributed by atoms with Crippen LogP contribution in [0.1, 0.15) is 31.9 Å². The van der Waals surface area contributed by atoms with Crippen molar-refractivity contribution in [3.8, 4) is 0 Å². The number of piperazine rings is 1. The molecule has 2 rings (SSSR count). The number of anilines is 1. The smallest absolute Gasteiger partial charge is 0.187 e. The highest BCUT2D eigenvalue weighted by Gasteiger charge is 2.21. The van der Waals surface area contributed by atoms with Crippen molar-refractivity contribution in [3.63, 3.8) is 0 Å². The predicted molar refractivity (Wildman–Crippen MR) is 82.9 cm³/mol. The van der Waals surface area contributed by atoms with Gasteiger partial charge in [0.2, 0.25) is 0 Å². The molecule has 1 aromatic rings. The zero-order chi connectivity index (χ0) is 15.1. The lowest BCUT2D eigenvalue weighted by Gasteiger charge is -2.35. The van der Waals surface area contributed by atoms with Crippen molar-refractivity contribution >= 4 is 5.82 Å². The summed E-state index contributed by atoms with van der Waals surface area (Å²) in [5.74, 6) is 0.209. The summed E-state index contributed by atoms with van der Waals surface area (Å²) in [6.45, 7) is 7.39. The molecule has 0 aromatic carbocycles. The van der Waals surface area contributed by atoms with Crippen molar-refractivity contribution in [2.24, 2.45) is 5.73 Å². The number of unbranched alkanes of at least 4 members (excludes halogenated alkanes) is 2. The van der Waals surface area contributed by atoms with Crippen LogP contribution in [0.2, 0.25) is 0 Å². The molecule has 1 aliphatic heterocycles. The van der Waals surface area contributed by atoms with Gasteiger partial charge in [0.25, 0.3) is 0 Å². The zero-order valence-electron chi connectivity index (χ0n) is 12.9. The molecule has 1 saturated heterocycles. The van der Waals surface area contributed by atoms with E-state index in [9.17, 15) is 4.39 Å². The van der Waals surface area contributed by atoms with Crippen LogP contribution in [0.15, 0.2) is 6.33 Å². The number of hydrogen-bond acceptors (Lipinski definition) is 5. The zero-order valence-corrected chi connectivity index (χ0v) is 12.9. The second-order valence-corrected chi connectivity index (χ2v) is 5.49. The molecule has 118 valence electrons. The Morgan fingerprint density at radius 2 is 1.90 bits per heavy atom. The summed E-state index contributed by atoms with van der Waals surface area (Å²) < 4.78 is 14.2. The quantitative estimate of drug-likeness (QED) is 0.771. The highest BCUT2D eigenvalue weighted by atomic mass is 19.1. The standard InChI is InChI=1S/C15H26FN5/c1-2-13-14(16)15(19-12-18-13)21-10-8-20(9-11-21)7-5-3-4-6-17/h12H,2-11,17H2,1H3. The van der Waals surface area contributed by atoms with Crippen molar-refractivity contribution in [2.45, 2.75) is 32.6 Å². The maximum Gasteiger partial charge on any atom is 0.187 e. The van der Waals surface area contributed by atoms with Crippen LogP contribution in [0.25, 0.3) is 0 Å². The minimum Gasteiger partial charge on any atom is -0.352 e. The number of aryl methyl sites for hydroxylation is 1. The fourth-order valence-corrected chi connectivity index (χ4v) is 2.70. The average molecular weight is 295 g/mol. The van der Waals surface area contributed by atoms with E-state index in [1.165, 1.54) is 19.2 Å². The molecule has 0 radical (unpaired) electrons. The van der Waals surface area contributed by atoms with Gasteiger partial charge < -0.3 is 10.6 Å². The molecular weight excluding hydrogens is 269 g/mol. The van der Waals surface area contributed by atoms with Gasteiger partial charge in [0.15, 0.2) is 11.6 Å². The Labute approximate surface area is 126 Å². The molecule has 0 unspecified atom stereocenters. The molecule has 2 heterocycles. The Morgan fingerprint density at radius 1 is 1.14 bits per heavy atom. The Kier molecular flexibility index (Phi) is 6.32. The lowest BCUT2D eigenvalue weighted by Crippen LogP contribution is -2.47. The lowest BCUT2D eigenvalue weighted by molar-refractivity contribution is 0.251. The molecular formula is C15H26FN5.